The normalized spacial score (nSPS) is 29.4. The highest BCUT2D eigenvalue weighted by Gasteiger charge is 2.41. The molecule has 108 valence electrons. The fraction of sp³-hybridized carbons (Fsp3) is 0.800. The van der Waals surface area contributed by atoms with E-state index in [2.05, 4.69) is 28.8 Å². The number of aromatic nitrogens is 2. The van der Waals surface area contributed by atoms with E-state index in [9.17, 15) is 0 Å². The molecular formula is C15H27N3O. The highest BCUT2D eigenvalue weighted by molar-refractivity contribution is 5.03. The van der Waals surface area contributed by atoms with Gasteiger partial charge in [0.1, 0.15) is 5.82 Å². The molecule has 1 aliphatic rings. The predicted molar refractivity (Wildman–Crippen MR) is 77.1 cm³/mol. The fourth-order valence-electron chi connectivity index (χ4n) is 3.51. The van der Waals surface area contributed by atoms with Crippen molar-refractivity contribution in [3.63, 3.8) is 0 Å². The lowest BCUT2D eigenvalue weighted by atomic mass is 9.73. The number of nitrogens with zero attached hydrogens (tertiary/aromatic N) is 2. The van der Waals surface area contributed by atoms with Crippen LogP contribution < -0.4 is 5.32 Å². The van der Waals surface area contributed by atoms with Crippen LogP contribution in [0.15, 0.2) is 12.4 Å². The Morgan fingerprint density at radius 2 is 2.42 bits per heavy atom. The SMILES string of the molecule is CNC(Cc1nccn1C)C1(OC)CCCC(C)C1. The van der Waals surface area contributed by atoms with E-state index in [1.807, 2.05) is 26.6 Å². The van der Waals surface area contributed by atoms with E-state index < -0.39 is 0 Å². The highest BCUT2D eigenvalue weighted by atomic mass is 16.5. The molecule has 1 heterocycles. The van der Waals surface area contributed by atoms with E-state index in [1.54, 1.807) is 0 Å². The van der Waals surface area contributed by atoms with Crippen LogP contribution in [0.1, 0.15) is 38.4 Å². The Balaban J connectivity index is 2.16. The van der Waals surface area contributed by atoms with Gasteiger partial charge in [-0.25, -0.2) is 4.98 Å². The van der Waals surface area contributed by atoms with Crippen molar-refractivity contribution in [3.8, 4) is 0 Å². The lowest BCUT2D eigenvalue weighted by Crippen LogP contribution is -2.54. The second kappa shape index (κ2) is 6.06. The Morgan fingerprint density at radius 3 is 2.95 bits per heavy atom. The summed E-state index contributed by atoms with van der Waals surface area (Å²) in [5, 5.41) is 3.47. The average molecular weight is 265 g/mol. The van der Waals surface area contributed by atoms with Crippen LogP contribution in [0.3, 0.4) is 0 Å². The van der Waals surface area contributed by atoms with Gasteiger partial charge in [0, 0.05) is 39.0 Å². The van der Waals surface area contributed by atoms with Crippen molar-refractivity contribution in [1.82, 2.24) is 14.9 Å². The van der Waals surface area contributed by atoms with Crippen LogP contribution in [0.2, 0.25) is 0 Å². The minimum atomic E-state index is -0.0433. The summed E-state index contributed by atoms with van der Waals surface area (Å²) >= 11 is 0. The molecule has 3 unspecified atom stereocenters. The monoisotopic (exact) mass is 265 g/mol. The zero-order valence-electron chi connectivity index (χ0n) is 12.6. The number of rotatable bonds is 5. The molecule has 0 aromatic carbocycles. The molecule has 0 radical (unpaired) electrons. The summed E-state index contributed by atoms with van der Waals surface area (Å²) < 4.78 is 8.09. The molecule has 1 saturated carbocycles. The van der Waals surface area contributed by atoms with Crippen molar-refractivity contribution < 1.29 is 4.74 Å². The van der Waals surface area contributed by atoms with Gasteiger partial charge in [-0.15, -0.1) is 0 Å². The third-order valence-electron chi connectivity index (χ3n) is 4.69. The standard InChI is InChI=1S/C15H27N3O/c1-12-6-5-7-15(11-12,19-4)13(16-2)10-14-17-8-9-18(14)3/h8-9,12-13,16H,5-7,10-11H2,1-4H3. The van der Waals surface area contributed by atoms with Crippen molar-refractivity contribution in [2.45, 2.75) is 50.7 Å². The lowest BCUT2D eigenvalue weighted by molar-refractivity contribution is -0.0780. The van der Waals surface area contributed by atoms with E-state index in [4.69, 9.17) is 4.74 Å². The molecule has 2 rings (SSSR count). The maximum atomic E-state index is 5.99. The van der Waals surface area contributed by atoms with Gasteiger partial charge in [-0.2, -0.15) is 0 Å². The first-order valence-corrected chi connectivity index (χ1v) is 7.30. The molecule has 1 fully saturated rings. The third kappa shape index (κ3) is 3.00. The van der Waals surface area contributed by atoms with Gasteiger partial charge < -0.3 is 14.6 Å². The third-order valence-corrected chi connectivity index (χ3v) is 4.69. The van der Waals surface area contributed by atoms with E-state index in [1.165, 1.54) is 12.8 Å². The molecule has 0 saturated heterocycles. The minimum absolute atomic E-state index is 0.0433. The van der Waals surface area contributed by atoms with Crippen molar-refractivity contribution in [2.75, 3.05) is 14.2 Å². The first kappa shape index (κ1) is 14.5. The van der Waals surface area contributed by atoms with E-state index in [-0.39, 0.29) is 5.60 Å². The molecular weight excluding hydrogens is 238 g/mol. The van der Waals surface area contributed by atoms with Crippen molar-refractivity contribution in [3.05, 3.63) is 18.2 Å². The van der Waals surface area contributed by atoms with Crippen molar-refractivity contribution in [2.24, 2.45) is 13.0 Å². The zero-order chi connectivity index (χ0) is 13.9. The van der Waals surface area contributed by atoms with E-state index >= 15 is 0 Å². The van der Waals surface area contributed by atoms with Crippen LogP contribution in [0, 0.1) is 5.92 Å². The Labute approximate surface area is 116 Å². The highest BCUT2D eigenvalue weighted by Crippen LogP contribution is 2.38. The van der Waals surface area contributed by atoms with Gasteiger partial charge in [0.15, 0.2) is 0 Å². The molecule has 4 nitrogen and oxygen atoms in total. The van der Waals surface area contributed by atoms with Crippen LogP contribution in [0.4, 0.5) is 0 Å². The van der Waals surface area contributed by atoms with Gasteiger partial charge >= 0.3 is 0 Å². The van der Waals surface area contributed by atoms with Crippen LogP contribution in [0.5, 0.6) is 0 Å². The van der Waals surface area contributed by atoms with Gasteiger partial charge in [-0.05, 0) is 25.8 Å². The van der Waals surface area contributed by atoms with E-state index in [0.717, 1.165) is 31.0 Å². The molecule has 3 atom stereocenters. The Hall–Kier alpha value is -0.870. The summed E-state index contributed by atoms with van der Waals surface area (Å²) in [4.78, 5) is 4.45. The smallest absolute Gasteiger partial charge is 0.110 e. The van der Waals surface area contributed by atoms with Gasteiger partial charge in [-0.3, -0.25) is 0 Å². The minimum Gasteiger partial charge on any atom is -0.377 e. The molecule has 1 N–H and O–H groups in total. The molecule has 4 heteroatoms. The molecule has 1 aromatic rings. The Kier molecular flexibility index (Phi) is 4.63. The van der Waals surface area contributed by atoms with Crippen LogP contribution in [0.25, 0.3) is 0 Å². The Morgan fingerprint density at radius 1 is 1.63 bits per heavy atom. The van der Waals surface area contributed by atoms with Crippen LogP contribution in [-0.4, -0.2) is 35.4 Å². The van der Waals surface area contributed by atoms with Crippen LogP contribution in [-0.2, 0) is 18.2 Å². The summed E-state index contributed by atoms with van der Waals surface area (Å²) in [6, 6.07) is 0.321. The predicted octanol–water partition coefficient (Wildman–Crippen LogP) is 2.15. The van der Waals surface area contributed by atoms with Crippen molar-refractivity contribution in [1.29, 1.82) is 0 Å². The number of likely N-dealkylation sites (N-methyl/N-ethyl adjacent to an activating group) is 1. The first-order valence-electron chi connectivity index (χ1n) is 7.30. The summed E-state index contributed by atoms with van der Waals surface area (Å²) in [5.74, 6) is 1.86. The zero-order valence-corrected chi connectivity index (χ0v) is 12.6. The quantitative estimate of drug-likeness (QED) is 0.886. The summed E-state index contributed by atoms with van der Waals surface area (Å²) in [5.41, 5.74) is -0.0433. The van der Waals surface area contributed by atoms with E-state index in [0.29, 0.717) is 6.04 Å². The number of nitrogens with one attached hydrogen (secondary N) is 1. The largest absolute Gasteiger partial charge is 0.377 e. The lowest BCUT2D eigenvalue weighted by Gasteiger charge is -2.44. The molecule has 0 aliphatic heterocycles. The molecule has 0 bridgehead atoms. The number of aryl methyl sites for hydroxylation is 1. The second-order valence-corrected chi connectivity index (χ2v) is 5.97. The average Bonchev–Trinajstić information content (AvgIpc) is 2.81. The molecule has 19 heavy (non-hydrogen) atoms. The molecule has 1 aromatic heterocycles. The van der Waals surface area contributed by atoms with Crippen molar-refractivity contribution >= 4 is 0 Å². The molecule has 0 spiro atoms. The summed E-state index contributed by atoms with van der Waals surface area (Å²) in [7, 11) is 5.95. The van der Waals surface area contributed by atoms with Gasteiger partial charge in [0.05, 0.1) is 5.60 Å². The first-order chi connectivity index (χ1) is 9.11. The van der Waals surface area contributed by atoms with Crippen LogP contribution >= 0.6 is 0 Å². The number of hydrogen-bond acceptors (Lipinski definition) is 3. The number of hydrogen-bond donors (Lipinski definition) is 1. The number of imidazole rings is 1. The maximum absolute atomic E-state index is 5.99. The molecule has 0 amide bonds. The van der Waals surface area contributed by atoms with Gasteiger partial charge in [0.2, 0.25) is 0 Å². The van der Waals surface area contributed by atoms with Gasteiger partial charge in [-0.1, -0.05) is 19.8 Å². The summed E-state index contributed by atoms with van der Waals surface area (Å²) in [6.45, 7) is 2.33. The fourth-order valence-corrected chi connectivity index (χ4v) is 3.51. The maximum Gasteiger partial charge on any atom is 0.110 e. The molecule has 1 aliphatic carbocycles. The second-order valence-electron chi connectivity index (χ2n) is 5.97. The topological polar surface area (TPSA) is 39.1 Å². The summed E-state index contributed by atoms with van der Waals surface area (Å²) in [6.07, 6.45) is 9.65. The number of ether oxygens (including phenoxy) is 1. The Bertz CT molecular complexity index is 404. The van der Waals surface area contributed by atoms with Gasteiger partial charge in [0.25, 0.3) is 0 Å². The number of methoxy groups -OCH3 is 1.